The Labute approximate surface area is 130 Å². The van der Waals surface area contributed by atoms with E-state index in [4.69, 9.17) is 0 Å². The largest absolute Gasteiger partial charge is 0.204 e. The Bertz CT molecular complexity index is 696. The molecule has 0 spiro atoms. The molecule has 3 rings (SSSR count). The summed E-state index contributed by atoms with van der Waals surface area (Å²) >= 11 is 0. The summed E-state index contributed by atoms with van der Waals surface area (Å²) in [5.74, 6) is -1.45. The molecule has 2 aromatic rings. The molecule has 0 radical (unpaired) electrons. The smallest absolute Gasteiger partial charge is 0.162 e. The van der Waals surface area contributed by atoms with Crippen molar-refractivity contribution in [2.24, 2.45) is 0 Å². The molecule has 0 nitrogen and oxygen atoms in total. The van der Waals surface area contributed by atoms with Crippen molar-refractivity contribution in [1.29, 1.82) is 0 Å². The molecule has 0 aliphatic heterocycles. The van der Waals surface area contributed by atoms with Gasteiger partial charge in [-0.25, -0.2) is 8.78 Å². The fourth-order valence-corrected chi connectivity index (χ4v) is 3.01. The standard InChI is InChI=1S/C20H20F2/c1-2-3-4-14-5-7-15(8-6-14)16-9-11-18-17(13-16)10-12-19(21)20(18)22/h5-10,12H,2-4,11,13H2,1H3. The highest BCUT2D eigenvalue weighted by molar-refractivity contribution is 5.70. The number of aryl methyl sites for hydroxylation is 1. The minimum Gasteiger partial charge on any atom is -0.204 e. The highest BCUT2D eigenvalue weighted by Crippen LogP contribution is 2.30. The van der Waals surface area contributed by atoms with Crippen LogP contribution in [0.4, 0.5) is 8.78 Å². The first-order valence-electron chi connectivity index (χ1n) is 7.93. The summed E-state index contributed by atoms with van der Waals surface area (Å²) in [7, 11) is 0. The van der Waals surface area contributed by atoms with Gasteiger partial charge in [0.2, 0.25) is 0 Å². The third-order valence-corrected chi connectivity index (χ3v) is 4.37. The van der Waals surface area contributed by atoms with Crippen molar-refractivity contribution in [3.63, 3.8) is 0 Å². The zero-order chi connectivity index (χ0) is 15.5. The van der Waals surface area contributed by atoms with Crippen LogP contribution >= 0.6 is 0 Å². The Balaban J connectivity index is 1.80. The fourth-order valence-electron chi connectivity index (χ4n) is 3.01. The highest BCUT2D eigenvalue weighted by Gasteiger charge is 2.18. The number of hydrogen-bond donors (Lipinski definition) is 0. The summed E-state index contributed by atoms with van der Waals surface area (Å²) in [6.07, 6.45) is 6.67. The zero-order valence-corrected chi connectivity index (χ0v) is 12.8. The van der Waals surface area contributed by atoms with Crippen LogP contribution in [-0.4, -0.2) is 0 Å². The van der Waals surface area contributed by atoms with Crippen LogP contribution in [-0.2, 0) is 19.3 Å². The van der Waals surface area contributed by atoms with Crippen LogP contribution in [0.5, 0.6) is 0 Å². The van der Waals surface area contributed by atoms with E-state index in [9.17, 15) is 8.78 Å². The monoisotopic (exact) mass is 298 g/mol. The van der Waals surface area contributed by atoms with Gasteiger partial charge < -0.3 is 0 Å². The molecule has 0 saturated heterocycles. The molecule has 0 saturated carbocycles. The van der Waals surface area contributed by atoms with E-state index < -0.39 is 11.6 Å². The Kier molecular flexibility index (Phi) is 4.37. The summed E-state index contributed by atoms with van der Waals surface area (Å²) in [5.41, 5.74) is 5.13. The van der Waals surface area contributed by atoms with Crippen LogP contribution < -0.4 is 0 Å². The first kappa shape index (κ1) is 15.0. The molecule has 0 bridgehead atoms. The molecule has 0 heterocycles. The molecule has 0 aromatic heterocycles. The van der Waals surface area contributed by atoms with Crippen LogP contribution in [0.3, 0.4) is 0 Å². The lowest BCUT2D eigenvalue weighted by Crippen LogP contribution is -2.06. The van der Waals surface area contributed by atoms with E-state index >= 15 is 0 Å². The van der Waals surface area contributed by atoms with E-state index in [2.05, 4.69) is 31.2 Å². The van der Waals surface area contributed by atoms with Gasteiger partial charge in [0.05, 0.1) is 0 Å². The molecule has 0 amide bonds. The molecule has 0 unspecified atom stereocenters. The van der Waals surface area contributed by atoms with Gasteiger partial charge in [-0.05, 0) is 59.6 Å². The normalized spacial score (nSPS) is 13.7. The van der Waals surface area contributed by atoms with Crippen LogP contribution in [0.15, 0.2) is 42.5 Å². The number of hydrogen-bond acceptors (Lipinski definition) is 0. The molecule has 0 fully saturated rings. The van der Waals surface area contributed by atoms with E-state index in [-0.39, 0.29) is 0 Å². The predicted octanol–water partition coefficient (Wildman–Crippen LogP) is 5.49. The molecule has 1 aliphatic rings. The van der Waals surface area contributed by atoms with Crippen molar-refractivity contribution in [3.05, 3.63) is 76.4 Å². The zero-order valence-electron chi connectivity index (χ0n) is 12.8. The minimum absolute atomic E-state index is 0.464. The number of benzene rings is 2. The van der Waals surface area contributed by atoms with E-state index in [1.807, 2.05) is 6.08 Å². The van der Waals surface area contributed by atoms with Crippen molar-refractivity contribution in [1.82, 2.24) is 0 Å². The third kappa shape index (κ3) is 2.96. The quantitative estimate of drug-likeness (QED) is 0.700. The van der Waals surface area contributed by atoms with Crippen LogP contribution in [0.2, 0.25) is 0 Å². The maximum Gasteiger partial charge on any atom is 0.162 e. The first-order chi connectivity index (χ1) is 10.7. The van der Waals surface area contributed by atoms with Crippen LogP contribution in [0.25, 0.3) is 5.57 Å². The van der Waals surface area contributed by atoms with Gasteiger partial charge in [0.15, 0.2) is 11.6 Å². The molecular formula is C20H20F2. The summed E-state index contributed by atoms with van der Waals surface area (Å²) in [4.78, 5) is 0. The average molecular weight is 298 g/mol. The van der Waals surface area contributed by atoms with E-state index in [0.29, 0.717) is 18.4 Å². The number of unbranched alkanes of at least 4 members (excludes halogenated alkanes) is 1. The Hall–Kier alpha value is -1.96. The number of fused-ring (bicyclic) bond motifs is 1. The number of allylic oxidation sites excluding steroid dienone is 2. The fraction of sp³-hybridized carbons (Fsp3) is 0.300. The van der Waals surface area contributed by atoms with Crippen molar-refractivity contribution in [2.45, 2.75) is 39.0 Å². The van der Waals surface area contributed by atoms with E-state index in [1.54, 1.807) is 6.07 Å². The molecule has 0 atom stereocenters. The van der Waals surface area contributed by atoms with E-state index in [0.717, 1.165) is 12.0 Å². The third-order valence-electron chi connectivity index (χ3n) is 4.37. The van der Waals surface area contributed by atoms with Gasteiger partial charge in [0.25, 0.3) is 0 Å². The molecule has 2 aromatic carbocycles. The van der Waals surface area contributed by atoms with Crippen molar-refractivity contribution >= 4 is 5.57 Å². The second-order valence-corrected chi connectivity index (χ2v) is 5.91. The molecule has 2 heteroatoms. The van der Waals surface area contributed by atoms with Crippen molar-refractivity contribution in [2.75, 3.05) is 0 Å². The van der Waals surface area contributed by atoms with Gasteiger partial charge in [-0.1, -0.05) is 49.8 Å². The summed E-state index contributed by atoms with van der Waals surface area (Å²) in [5, 5.41) is 0. The van der Waals surface area contributed by atoms with Crippen LogP contribution in [0.1, 0.15) is 42.0 Å². The number of rotatable bonds is 4. The maximum atomic E-state index is 13.8. The molecule has 114 valence electrons. The first-order valence-corrected chi connectivity index (χ1v) is 7.93. The summed E-state index contributed by atoms with van der Waals surface area (Å²) < 4.78 is 27.1. The lowest BCUT2D eigenvalue weighted by atomic mass is 9.87. The lowest BCUT2D eigenvalue weighted by Gasteiger charge is -2.18. The van der Waals surface area contributed by atoms with Gasteiger partial charge in [-0.2, -0.15) is 0 Å². The summed E-state index contributed by atoms with van der Waals surface area (Å²) in [6, 6.07) is 11.6. The van der Waals surface area contributed by atoms with Crippen LogP contribution in [0, 0.1) is 11.6 Å². The topological polar surface area (TPSA) is 0 Å². The summed E-state index contributed by atoms with van der Waals surface area (Å²) in [6.45, 7) is 2.20. The van der Waals surface area contributed by atoms with Gasteiger partial charge in [-0.3, -0.25) is 0 Å². The predicted molar refractivity (Wildman–Crippen MR) is 86.8 cm³/mol. The van der Waals surface area contributed by atoms with Gasteiger partial charge in [-0.15, -0.1) is 0 Å². The number of halogens is 2. The molecule has 22 heavy (non-hydrogen) atoms. The minimum atomic E-state index is -0.754. The van der Waals surface area contributed by atoms with Gasteiger partial charge >= 0.3 is 0 Å². The van der Waals surface area contributed by atoms with E-state index in [1.165, 1.54) is 35.6 Å². The maximum absolute atomic E-state index is 13.8. The van der Waals surface area contributed by atoms with Crippen molar-refractivity contribution < 1.29 is 8.78 Å². The Morgan fingerprint density at radius 1 is 1.00 bits per heavy atom. The molecular weight excluding hydrogens is 278 g/mol. The second kappa shape index (κ2) is 6.43. The van der Waals surface area contributed by atoms with Crippen molar-refractivity contribution in [3.8, 4) is 0 Å². The highest BCUT2D eigenvalue weighted by atomic mass is 19.2. The molecule has 0 N–H and O–H groups in total. The average Bonchev–Trinajstić information content (AvgIpc) is 2.56. The Morgan fingerprint density at radius 3 is 2.50 bits per heavy atom. The van der Waals surface area contributed by atoms with Gasteiger partial charge in [0.1, 0.15) is 0 Å². The van der Waals surface area contributed by atoms with Gasteiger partial charge in [0, 0.05) is 0 Å². The lowest BCUT2D eigenvalue weighted by molar-refractivity contribution is 0.499. The molecule has 1 aliphatic carbocycles. The second-order valence-electron chi connectivity index (χ2n) is 5.91. The Morgan fingerprint density at radius 2 is 1.77 bits per heavy atom. The SMILES string of the molecule is CCCCc1ccc(C2=CCc3c(ccc(F)c3F)C2)cc1.